The first kappa shape index (κ1) is 19.2. The van der Waals surface area contributed by atoms with Crippen LogP contribution in [0.2, 0.25) is 0 Å². The van der Waals surface area contributed by atoms with Crippen molar-refractivity contribution in [2.75, 3.05) is 6.54 Å². The van der Waals surface area contributed by atoms with Crippen molar-refractivity contribution >= 4 is 33.6 Å². The predicted octanol–water partition coefficient (Wildman–Crippen LogP) is 4.87. The molecule has 0 aliphatic carbocycles. The average Bonchev–Trinajstić information content (AvgIpc) is 3.22. The van der Waals surface area contributed by atoms with Gasteiger partial charge in [-0.1, -0.05) is 54.6 Å². The number of benzene rings is 3. The number of hydrogen-bond donors (Lipinski definition) is 0. The number of aromatic nitrogens is 1. The van der Waals surface area contributed by atoms with Crippen molar-refractivity contribution in [3.63, 3.8) is 0 Å². The van der Waals surface area contributed by atoms with E-state index >= 15 is 0 Å². The van der Waals surface area contributed by atoms with Crippen molar-refractivity contribution in [2.24, 2.45) is 0 Å². The predicted molar refractivity (Wildman–Crippen MR) is 119 cm³/mol. The summed E-state index contributed by atoms with van der Waals surface area (Å²) in [6.45, 7) is 1.49. The van der Waals surface area contributed by atoms with Gasteiger partial charge in [-0.05, 0) is 35.6 Å². The van der Waals surface area contributed by atoms with Gasteiger partial charge in [-0.2, -0.15) is 0 Å². The monoisotopic (exact) mass is 410 g/mol. The van der Waals surface area contributed by atoms with Crippen molar-refractivity contribution in [1.82, 2.24) is 9.88 Å². The summed E-state index contributed by atoms with van der Waals surface area (Å²) in [7, 11) is 0. The second kappa shape index (κ2) is 8.19. The molecule has 0 N–H and O–H groups in total. The van der Waals surface area contributed by atoms with E-state index in [4.69, 9.17) is 9.72 Å². The number of carbonyl (C=O) groups excluding carboxylic acids is 2. The molecule has 0 unspecified atom stereocenters. The number of nitrogens with zero attached hydrogens (tertiary/aromatic N) is 2. The summed E-state index contributed by atoms with van der Waals surface area (Å²) in [5.74, 6) is -0.193. The van der Waals surface area contributed by atoms with Gasteiger partial charge in [0.2, 0.25) is 5.91 Å². The maximum absolute atomic E-state index is 12.6. The highest BCUT2D eigenvalue weighted by molar-refractivity contribution is 6.06. The summed E-state index contributed by atoms with van der Waals surface area (Å²) in [6.07, 6.45) is 1.54. The number of likely N-dealkylation sites (tertiary alicyclic amines) is 1. The van der Waals surface area contributed by atoms with Crippen LogP contribution in [0, 0.1) is 0 Å². The second-order valence-corrected chi connectivity index (χ2v) is 7.81. The van der Waals surface area contributed by atoms with Crippen LogP contribution in [0.3, 0.4) is 0 Å². The normalized spacial score (nSPS) is 13.8. The summed E-state index contributed by atoms with van der Waals surface area (Å²) < 4.78 is 5.60. The number of hydrogen-bond acceptors (Lipinski definition) is 4. The Balaban J connectivity index is 1.32. The summed E-state index contributed by atoms with van der Waals surface area (Å²) in [5.41, 5.74) is 3.12. The van der Waals surface area contributed by atoms with Gasteiger partial charge in [0.1, 0.15) is 6.61 Å². The zero-order valence-electron chi connectivity index (χ0n) is 17.1. The first-order chi connectivity index (χ1) is 15.2. The lowest BCUT2D eigenvalue weighted by Crippen LogP contribution is -2.23. The minimum atomic E-state index is -0.386. The number of carbonyl (C=O) groups is 2. The fraction of sp³-hybridized carbons (Fsp3) is 0.192. The van der Waals surface area contributed by atoms with Crippen molar-refractivity contribution in [2.45, 2.75) is 26.0 Å². The molecule has 1 aliphatic heterocycles. The zero-order valence-corrected chi connectivity index (χ0v) is 17.1. The molecule has 1 saturated heterocycles. The Hall–Kier alpha value is -3.73. The molecule has 1 amide bonds. The van der Waals surface area contributed by atoms with E-state index in [1.165, 1.54) is 0 Å². The van der Waals surface area contributed by atoms with Crippen molar-refractivity contribution in [3.8, 4) is 0 Å². The highest BCUT2D eigenvalue weighted by Crippen LogP contribution is 2.26. The molecule has 5 nitrogen and oxygen atoms in total. The summed E-state index contributed by atoms with van der Waals surface area (Å²) in [6, 6.07) is 23.3. The van der Waals surface area contributed by atoms with E-state index in [1.54, 1.807) is 12.1 Å². The van der Waals surface area contributed by atoms with Gasteiger partial charge in [0.15, 0.2) is 0 Å². The molecule has 2 heterocycles. The highest BCUT2D eigenvalue weighted by Gasteiger charge is 2.20. The Morgan fingerprint density at radius 2 is 1.61 bits per heavy atom. The number of para-hydroxylation sites is 1. The fourth-order valence-corrected chi connectivity index (χ4v) is 4.14. The van der Waals surface area contributed by atoms with E-state index < -0.39 is 0 Å². The van der Waals surface area contributed by atoms with Crippen molar-refractivity contribution < 1.29 is 14.3 Å². The van der Waals surface area contributed by atoms with Gasteiger partial charge in [-0.15, -0.1) is 0 Å². The molecular weight excluding hydrogens is 388 g/mol. The molecule has 154 valence electrons. The number of esters is 1. The Morgan fingerprint density at radius 3 is 2.35 bits per heavy atom. The number of pyridine rings is 1. The van der Waals surface area contributed by atoms with Crippen LogP contribution in [0.5, 0.6) is 0 Å². The lowest BCUT2D eigenvalue weighted by molar-refractivity contribution is -0.128. The Morgan fingerprint density at radius 1 is 0.903 bits per heavy atom. The lowest BCUT2D eigenvalue weighted by Gasteiger charge is -2.15. The van der Waals surface area contributed by atoms with Gasteiger partial charge >= 0.3 is 5.97 Å². The molecule has 0 radical (unpaired) electrons. The minimum Gasteiger partial charge on any atom is -0.456 e. The van der Waals surface area contributed by atoms with Crippen molar-refractivity contribution in [1.29, 1.82) is 0 Å². The van der Waals surface area contributed by atoms with Gasteiger partial charge in [0.25, 0.3) is 0 Å². The quantitative estimate of drug-likeness (QED) is 0.348. The number of ether oxygens (including phenoxy) is 1. The molecule has 5 rings (SSSR count). The van der Waals surface area contributed by atoms with Crippen LogP contribution in [-0.2, 0) is 22.7 Å². The minimum absolute atomic E-state index is 0.105. The van der Waals surface area contributed by atoms with Crippen LogP contribution in [0.25, 0.3) is 21.7 Å². The molecule has 3 aromatic carbocycles. The second-order valence-electron chi connectivity index (χ2n) is 7.81. The molecule has 1 aliphatic rings. The third-order valence-electron chi connectivity index (χ3n) is 5.76. The topological polar surface area (TPSA) is 59.5 Å². The molecular formula is C26H22N2O3. The van der Waals surface area contributed by atoms with Gasteiger partial charge in [-0.25, -0.2) is 9.78 Å². The molecule has 1 aromatic heterocycles. The van der Waals surface area contributed by atoms with Gasteiger partial charge in [0.05, 0.1) is 16.8 Å². The summed E-state index contributed by atoms with van der Waals surface area (Å²) in [4.78, 5) is 31.0. The highest BCUT2D eigenvalue weighted by atomic mass is 16.5. The maximum Gasteiger partial charge on any atom is 0.338 e. The van der Waals surface area contributed by atoms with Crippen LogP contribution in [-0.4, -0.2) is 28.3 Å². The summed E-state index contributed by atoms with van der Waals surface area (Å²) >= 11 is 0. The SMILES string of the molecule is O=C(OCc1nc2ccccc2c2ccccc12)c1ccc(CN2CCCC2=O)cc1. The lowest BCUT2D eigenvalue weighted by atomic mass is 10.0. The first-order valence-corrected chi connectivity index (χ1v) is 10.5. The van der Waals surface area contributed by atoms with E-state index in [9.17, 15) is 9.59 Å². The number of amides is 1. The van der Waals surface area contributed by atoms with E-state index in [0.717, 1.165) is 45.9 Å². The molecule has 1 fully saturated rings. The molecule has 4 aromatic rings. The first-order valence-electron chi connectivity index (χ1n) is 10.5. The molecule has 0 spiro atoms. The molecule has 31 heavy (non-hydrogen) atoms. The van der Waals surface area contributed by atoms with Crippen LogP contribution >= 0.6 is 0 Å². The van der Waals surface area contributed by atoms with E-state index in [2.05, 4.69) is 12.1 Å². The smallest absolute Gasteiger partial charge is 0.338 e. The molecule has 0 bridgehead atoms. The number of fused-ring (bicyclic) bond motifs is 3. The largest absolute Gasteiger partial charge is 0.456 e. The molecule has 0 saturated carbocycles. The fourth-order valence-electron chi connectivity index (χ4n) is 4.14. The molecule has 5 heteroatoms. The zero-order chi connectivity index (χ0) is 21.2. The standard InChI is InChI=1S/C26H22N2O3/c29-25-10-5-15-28(25)16-18-11-13-19(14-12-18)26(30)31-17-24-22-8-2-1-6-20(22)21-7-3-4-9-23(21)27-24/h1-4,6-9,11-14H,5,10,15-17H2. The van der Waals surface area contributed by atoms with Crippen molar-refractivity contribution in [3.05, 3.63) is 89.6 Å². The summed E-state index contributed by atoms with van der Waals surface area (Å²) in [5, 5.41) is 3.17. The van der Waals surface area contributed by atoms with Crippen LogP contribution in [0.1, 0.15) is 34.5 Å². The maximum atomic E-state index is 12.6. The van der Waals surface area contributed by atoms with Gasteiger partial charge in [0, 0.05) is 30.3 Å². The Labute approximate surface area is 180 Å². The van der Waals surface area contributed by atoms with Crippen LogP contribution in [0.4, 0.5) is 0 Å². The van der Waals surface area contributed by atoms with Gasteiger partial charge < -0.3 is 9.64 Å². The van der Waals surface area contributed by atoms with E-state index in [0.29, 0.717) is 18.5 Å². The third-order valence-corrected chi connectivity index (χ3v) is 5.76. The van der Waals surface area contributed by atoms with E-state index in [-0.39, 0.29) is 18.5 Å². The average molecular weight is 410 g/mol. The Bertz CT molecular complexity index is 1280. The van der Waals surface area contributed by atoms with Crippen LogP contribution in [0.15, 0.2) is 72.8 Å². The van der Waals surface area contributed by atoms with Gasteiger partial charge in [-0.3, -0.25) is 4.79 Å². The Kier molecular flexibility index (Phi) is 5.08. The van der Waals surface area contributed by atoms with Crippen LogP contribution < -0.4 is 0 Å². The molecule has 0 atom stereocenters. The number of rotatable bonds is 5. The third kappa shape index (κ3) is 3.87. The van der Waals surface area contributed by atoms with E-state index in [1.807, 2.05) is 53.4 Å².